The quantitative estimate of drug-likeness (QED) is 0.634. The van der Waals surface area contributed by atoms with Crippen LogP contribution in [0, 0.1) is 12.7 Å². The van der Waals surface area contributed by atoms with E-state index in [-0.39, 0.29) is 24.3 Å². The van der Waals surface area contributed by atoms with Crippen molar-refractivity contribution in [2.75, 3.05) is 51.2 Å². The van der Waals surface area contributed by atoms with Gasteiger partial charge < -0.3 is 20.3 Å². The molecule has 2 aromatic rings. The van der Waals surface area contributed by atoms with Gasteiger partial charge in [-0.15, -0.1) is 0 Å². The lowest BCUT2D eigenvalue weighted by atomic mass is 10.2. The van der Waals surface area contributed by atoms with Crippen LogP contribution in [0.4, 0.5) is 14.9 Å². The Hall–Kier alpha value is -3.13. The zero-order valence-electron chi connectivity index (χ0n) is 17.8. The van der Waals surface area contributed by atoms with Gasteiger partial charge in [-0.25, -0.2) is 9.18 Å². The molecule has 31 heavy (non-hydrogen) atoms. The van der Waals surface area contributed by atoms with Gasteiger partial charge in [0.05, 0.1) is 13.2 Å². The molecule has 1 heterocycles. The fourth-order valence-corrected chi connectivity index (χ4v) is 3.32. The molecule has 1 aliphatic heterocycles. The van der Waals surface area contributed by atoms with E-state index in [1.165, 1.54) is 24.3 Å². The summed E-state index contributed by atoms with van der Waals surface area (Å²) in [7, 11) is 0. The Kier molecular flexibility index (Phi) is 8.23. The molecular formula is C23H29FN4O3. The minimum Gasteiger partial charge on any atom is -0.494 e. The number of anilines is 1. The van der Waals surface area contributed by atoms with Crippen LogP contribution in [0.15, 0.2) is 48.5 Å². The van der Waals surface area contributed by atoms with Crippen LogP contribution in [0.2, 0.25) is 0 Å². The van der Waals surface area contributed by atoms with Crippen LogP contribution < -0.4 is 15.4 Å². The number of carbonyl (C=O) groups excluding carboxylic acids is 2. The van der Waals surface area contributed by atoms with E-state index in [4.69, 9.17) is 4.74 Å². The van der Waals surface area contributed by atoms with Crippen molar-refractivity contribution in [3.63, 3.8) is 0 Å². The summed E-state index contributed by atoms with van der Waals surface area (Å²) in [6.07, 6.45) is 0.725. The van der Waals surface area contributed by atoms with Crippen LogP contribution in [-0.4, -0.2) is 67.6 Å². The number of nitrogens with one attached hydrogen (secondary N) is 2. The Morgan fingerprint density at radius 1 is 1.06 bits per heavy atom. The van der Waals surface area contributed by atoms with E-state index in [9.17, 15) is 14.0 Å². The monoisotopic (exact) mass is 428 g/mol. The van der Waals surface area contributed by atoms with E-state index in [2.05, 4.69) is 10.6 Å². The van der Waals surface area contributed by atoms with E-state index in [1.54, 1.807) is 4.90 Å². The molecule has 7 nitrogen and oxygen atoms in total. The molecule has 0 aliphatic carbocycles. The molecule has 8 heteroatoms. The molecule has 0 aromatic heterocycles. The van der Waals surface area contributed by atoms with Crippen molar-refractivity contribution in [3.8, 4) is 5.75 Å². The first-order chi connectivity index (χ1) is 15.0. The van der Waals surface area contributed by atoms with Crippen LogP contribution in [-0.2, 0) is 4.79 Å². The van der Waals surface area contributed by atoms with Crippen LogP contribution in [0.1, 0.15) is 12.0 Å². The summed E-state index contributed by atoms with van der Waals surface area (Å²) in [4.78, 5) is 28.2. The summed E-state index contributed by atoms with van der Waals surface area (Å²) in [6.45, 7) is 5.73. The number of amides is 3. The van der Waals surface area contributed by atoms with Gasteiger partial charge in [0.1, 0.15) is 11.6 Å². The Morgan fingerprint density at radius 2 is 1.81 bits per heavy atom. The number of aryl methyl sites for hydroxylation is 1. The highest BCUT2D eigenvalue weighted by molar-refractivity contribution is 5.92. The predicted molar refractivity (Wildman–Crippen MR) is 118 cm³/mol. The number of piperazine rings is 1. The standard InChI is InChI=1S/C23H29FN4O3/c1-18-4-2-5-21(16-18)31-15-3-10-25-23(30)28-13-11-27(12-14-28)17-22(29)26-20-8-6-19(24)7-9-20/h2,4-9,16H,3,10-15,17H2,1H3,(H,25,30)(H,26,29). The number of nitrogens with zero attached hydrogens (tertiary/aromatic N) is 2. The highest BCUT2D eigenvalue weighted by Gasteiger charge is 2.22. The van der Waals surface area contributed by atoms with Gasteiger partial charge in [0.25, 0.3) is 0 Å². The zero-order chi connectivity index (χ0) is 22.1. The topological polar surface area (TPSA) is 73.9 Å². The fraction of sp³-hybridized carbons (Fsp3) is 0.391. The second kappa shape index (κ2) is 11.3. The number of hydrogen-bond acceptors (Lipinski definition) is 4. The van der Waals surface area contributed by atoms with Gasteiger partial charge in [-0.2, -0.15) is 0 Å². The van der Waals surface area contributed by atoms with E-state index < -0.39 is 0 Å². The third-order valence-corrected chi connectivity index (χ3v) is 5.01. The van der Waals surface area contributed by atoms with Gasteiger partial charge in [0.15, 0.2) is 0 Å². The van der Waals surface area contributed by atoms with Crippen LogP contribution in [0.5, 0.6) is 5.75 Å². The molecule has 166 valence electrons. The molecular weight excluding hydrogens is 399 g/mol. The fourth-order valence-electron chi connectivity index (χ4n) is 3.32. The lowest BCUT2D eigenvalue weighted by molar-refractivity contribution is -0.117. The Balaban J connectivity index is 1.28. The van der Waals surface area contributed by atoms with Crippen molar-refractivity contribution in [1.29, 1.82) is 0 Å². The van der Waals surface area contributed by atoms with Gasteiger partial charge in [-0.05, 0) is 55.3 Å². The SMILES string of the molecule is Cc1cccc(OCCCNC(=O)N2CCN(CC(=O)Nc3ccc(F)cc3)CC2)c1. The molecule has 0 atom stereocenters. The zero-order valence-corrected chi connectivity index (χ0v) is 17.8. The smallest absolute Gasteiger partial charge is 0.317 e. The molecule has 0 spiro atoms. The van der Waals surface area contributed by atoms with Crippen molar-refractivity contribution < 1.29 is 18.7 Å². The minimum atomic E-state index is -0.341. The molecule has 2 N–H and O–H groups in total. The maximum absolute atomic E-state index is 12.9. The van der Waals surface area contributed by atoms with Crippen molar-refractivity contribution in [2.24, 2.45) is 0 Å². The first-order valence-electron chi connectivity index (χ1n) is 10.5. The molecule has 0 unspecified atom stereocenters. The third-order valence-electron chi connectivity index (χ3n) is 5.01. The van der Waals surface area contributed by atoms with E-state index >= 15 is 0 Å². The number of hydrogen-bond donors (Lipinski definition) is 2. The summed E-state index contributed by atoms with van der Waals surface area (Å²) < 4.78 is 18.6. The van der Waals surface area contributed by atoms with Gasteiger partial charge in [0, 0.05) is 38.4 Å². The van der Waals surface area contributed by atoms with Crippen LogP contribution >= 0.6 is 0 Å². The van der Waals surface area contributed by atoms with Crippen molar-refractivity contribution in [3.05, 3.63) is 59.9 Å². The van der Waals surface area contributed by atoms with E-state index in [0.29, 0.717) is 45.0 Å². The average Bonchev–Trinajstić information content (AvgIpc) is 2.75. The van der Waals surface area contributed by atoms with Crippen molar-refractivity contribution in [2.45, 2.75) is 13.3 Å². The van der Waals surface area contributed by atoms with Gasteiger partial charge in [0.2, 0.25) is 5.91 Å². The predicted octanol–water partition coefficient (Wildman–Crippen LogP) is 2.87. The molecule has 1 saturated heterocycles. The maximum atomic E-state index is 12.9. The summed E-state index contributed by atoms with van der Waals surface area (Å²) in [5.41, 5.74) is 1.72. The minimum absolute atomic E-state index is 0.0917. The largest absolute Gasteiger partial charge is 0.494 e. The number of halogens is 1. The van der Waals surface area contributed by atoms with Crippen molar-refractivity contribution >= 4 is 17.6 Å². The summed E-state index contributed by atoms with van der Waals surface area (Å²) >= 11 is 0. The highest BCUT2D eigenvalue weighted by atomic mass is 19.1. The molecule has 3 rings (SSSR count). The van der Waals surface area contributed by atoms with Gasteiger partial charge >= 0.3 is 6.03 Å². The molecule has 2 aromatic carbocycles. The number of benzene rings is 2. The summed E-state index contributed by atoms with van der Waals surface area (Å²) in [5, 5.41) is 5.67. The van der Waals surface area contributed by atoms with E-state index in [1.807, 2.05) is 36.1 Å². The highest BCUT2D eigenvalue weighted by Crippen LogP contribution is 2.12. The maximum Gasteiger partial charge on any atom is 0.317 e. The molecule has 0 saturated carbocycles. The normalized spacial score (nSPS) is 14.2. The molecule has 3 amide bonds. The molecule has 0 bridgehead atoms. The number of rotatable bonds is 8. The second-order valence-corrected chi connectivity index (χ2v) is 7.57. The molecule has 1 fully saturated rings. The molecule has 1 aliphatic rings. The van der Waals surface area contributed by atoms with Gasteiger partial charge in [-0.3, -0.25) is 9.69 Å². The lowest BCUT2D eigenvalue weighted by Gasteiger charge is -2.34. The number of carbonyl (C=O) groups is 2. The Bertz CT molecular complexity index is 867. The van der Waals surface area contributed by atoms with Gasteiger partial charge in [-0.1, -0.05) is 12.1 Å². The summed E-state index contributed by atoms with van der Waals surface area (Å²) in [6, 6.07) is 13.5. The average molecular weight is 429 g/mol. The Morgan fingerprint density at radius 3 is 2.52 bits per heavy atom. The van der Waals surface area contributed by atoms with E-state index in [0.717, 1.165) is 17.7 Å². The van der Waals surface area contributed by atoms with Crippen molar-refractivity contribution in [1.82, 2.24) is 15.1 Å². The number of urea groups is 1. The second-order valence-electron chi connectivity index (χ2n) is 7.57. The molecule has 0 radical (unpaired) electrons. The lowest BCUT2D eigenvalue weighted by Crippen LogP contribution is -2.53. The number of ether oxygens (including phenoxy) is 1. The summed E-state index contributed by atoms with van der Waals surface area (Å²) in [5.74, 6) is 0.343. The Labute approximate surface area is 182 Å². The van der Waals surface area contributed by atoms with Crippen LogP contribution in [0.3, 0.4) is 0 Å². The first kappa shape index (κ1) is 22.6. The third kappa shape index (κ3) is 7.57. The van der Waals surface area contributed by atoms with Crippen LogP contribution in [0.25, 0.3) is 0 Å². The first-order valence-corrected chi connectivity index (χ1v) is 10.5.